The van der Waals surface area contributed by atoms with Crippen LogP contribution in [0.4, 0.5) is 10.3 Å². The van der Waals surface area contributed by atoms with Gasteiger partial charge in [-0.05, 0) is 13.3 Å². The standard InChI is InChI=1S/C15H21FN5O6P/c1-3-4-5-24-28(23)25-6-8-10(27-28)15(2,16)13(26-8)21-7-18-9-11(21)19-14(17)20-12(9)22/h7-8,10,13H,3-6H2,1-2H3,(H3,17,19,20,22)/t8-,10-,13-,15-,28+/m1/s1. The van der Waals surface area contributed by atoms with Crippen LogP contribution in [0.25, 0.3) is 11.2 Å². The van der Waals surface area contributed by atoms with Crippen molar-refractivity contribution >= 4 is 24.9 Å². The third-order valence-corrected chi connectivity index (χ3v) is 6.22. The summed E-state index contributed by atoms with van der Waals surface area (Å²) in [6, 6.07) is 0. The number of aromatic amines is 1. The van der Waals surface area contributed by atoms with Crippen molar-refractivity contribution in [1.29, 1.82) is 0 Å². The number of hydrogen-bond donors (Lipinski definition) is 2. The molecule has 4 rings (SSSR count). The van der Waals surface area contributed by atoms with E-state index in [4.69, 9.17) is 24.0 Å². The van der Waals surface area contributed by atoms with E-state index >= 15 is 4.39 Å². The van der Waals surface area contributed by atoms with Gasteiger partial charge in [-0.25, -0.2) is 13.9 Å². The van der Waals surface area contributed by atoms with Gasteiger partial charge in [-0.3, -0.25) is 27.9 Å². The van der Waals surface area contributed by atoms with Gasteiger partial charge in [0.2, 0.25) is 5.95 Å². The van der Waals surface area contributed by atoms with Gasteiger partial charge in [-0.1, -0.05) is 13.3 Å². The van der Waals surface area contributed by atoms with Crippen LogP contribution in [0.2, 0.25) is 0 Å². The van der Waals surface area contributed by atoms with Crippen molar-refractivity contribution in [3.05, 3.63) is 16.7 Å². The highest BCUT2D eigenvalue weighted by atomic mass is 31.2. The Balaban J connectivity index is 1.64. The number of nitrogens with one attached hydrogen (secondary N) is 1. The van der Waals surface area contributed by atoms with Crippen LogP contribution in [0.1, 0.15) is 32.9 Å². The molecule has 0 aromatic carbocycles. The number of alkyl halides is 1. The molecule has 0 amide bonds. The van der Waals surface area contributed by atoms with Gasteiger partial charge in [0.05, 0.1) is 19.5 Å². The van der Waals surface area contributed by atoms with Crippen LogP contribution in [0.15, 0.2) is 11.1 Å². The van der Waals surface area contributed by atoms with Crippen LogP contribution in [-0.4, -0.2) is 50.6 Å². The van der Waals surface area contributed by atoms with E-state index in [-0.39, 0.29) is 30.3 Å². The van der Waals surface area contributed by atoms with E-state index in [1.165, 1.54) is 17.8 Å². The maximum Gasteiger partial charge on any atom is 0.475 e. The summed E-state index contributed by atoms with van der Waals surface area (Å²) >= 11 is 0. The summed E-state index contributed by atoms with van der Waals surface area (Å²) in [7, 11) is -3.90. The molecule has 11 nitrogen and oxygen atoms in total. The molecule has 0 unspecified atom stereocenters. The van der Waals surface area contributed by atoms with E-state index in [0.717, 1.165) is 6.42 Å². The summed E-state index contributed by atoms with van der Waals surface area (Å²) in [6.45, 7) is 3.23. The molecule has 154 valence electrons. The molecular formula is C15H21FN5O6P. The lowest BCUT2D eigenvalue weighted by Crippen LogP contribution is -2.44. The number of anilines is 1. The van der Waals surface area contributed by atoms with Gasteiger partial charge in [-0.2, -0.15) is 4.98 Å². The molecule has 4 heterocycles. The number of aromatic nitrogens is 4. The molecule has 2 aromatic rings. The predicted molar refractivity (Wildman–Crippen MR) is 95.3 cm³/mol. The average Bonchev–Trinajstić information content (AvgIpc) is 3.14. The fraction of sp³-hybridized carbons (Fsp3) is 0.667. The minimum Gasteiger partial charge on any atom is -0.369 e. The van der Waals surface area contributed by atoms with Crippen molar-refractivity contribution in [2.45, 2.75) is 50.8 Å². The smallest absolute Gasteiger partial charge is 0.369 e. The molecule has 0 saturated carbocycles. The number of hydrogen-bond acceptors (Lipinski definition) is 9. The lowest BCUT2D eigenvalue weighted by Gasteiger charge is -2.33. The quantitative estimate of drug-likeness (QED) is 0.548. The highest BCUT2D eigenvalue weighted by Gasteiger charge is 2.61. The Morgan fingerprint density at radius 1 is 1.57 bits per heavy atom. The van der Waals surface area contributed by atoms with Gasteiger partial charge in [0.25, 0.3) is 5.56 Å². The monoisotopic (exact) mass is 417 g/mol. The number of nitrogen functional groups attached to an aromatic ring is 1. The Morgan fingerprint density at radius 3 is 3.11 bits per heavy atom. The molecule has 2 aromatic heterocycles. The van der Waals surface area contributed by atoms with Crippen LogP contribution in [0.3, 0.4) is 0 Å². The summed E-state index contributed by atoms with van der Waals surface area (Å²) < 4.78 is 51.3. The highest BCUT2D eigenvalue weighted by molar-refractivity contribution is 7.48. The molecule has 0 bridgehead atoms. The molecule has 3 N–H and O–H groups in total. The summed E-state index contributed by atoms with van der Waals surface area (Å²) in [4.78, 5) is 22.3. The number of H-pyrrole nitrogens is 1. The van der Waals surface area contributed by atoms with Gasteiger partial charge in [0.15, 0.2) is 23.1 Å². The van der Waals surface area contributed by atoms with E-state index in [2.05, 4.69) is 15.0 Å². The molecule has 5 atom stereocenters. The van der Waals surface area contributed by atoms with Crippen molar-refractivity contribution in [2.75, 3.05) is 18.9 Å². The molecule has 2 aliphatic heterocycles. The molecule has 0 spiro atoms. The number of nitrogens with two attached hydrogens (primary N) is 1. The van der Waals surface area contributed by atoms with Gasteiger partial charge in [-0.15, -0.1) is 0 Å². The average molecular weight is 417 g/mol. The zero-order valence-corrected chi connectivity index (χ0v) is 16.2. The topological polar surface area (TPSA) is 144 Å². The first-order valence-electron chi connectivity index (χ1n) is 8.89. The highest BCUT2D eigenvalue weighted by Crippen LogP contribution is 2.59. The van der Waals surface area contributed by atoms with Crippen molar-refractivity contribution in [2.24, 2.45) is 0 Å². The molecule has 13 heteroatoms. The first-order chi connectivity index (χ1) is 13.2. The number of unbranched alkanes of at least 4 members (excludes halogenated alkanes) is 1. The number of fused-ring (bicyclic) bond motifs is 2. The molecule has 0 radical (unpaired) electrons. The molecule has 2 saturated heterocycles. The van der Waals surface area contributed by atoms with Crippen LogP contribution < -0.4 is 11.3 Å². The molecule has 0 aliphatic carbocycles. The first-order valence-corrected chi connectivity index (χ1v) is 10.4. The van der Waals surface area contributed by atoms with Crippen LogP contribution >= 0.6 is 7.82 Å². The normalized spacial score (nSPS) is 35.3. The number of halogens is 1. The molecular weight excluding hydrogens is 396 g/mol. The summed E-state index contributed by atoms with van der Waals surface area (Å²) in [5, 5.41) is 0. The van der Waals surface area contributed by atoms with Crippen molar-refractivity contribution in [1.82, 2.24) is 19.5 Å². The third kappa shape index (κ3) is 3.15. The lowest BCUT2D eigenvalue weighted by atomic mass is 9.98. The van der Waals surface area contributed by atoms with Gasteiger partial charge in [0, 0.05) is 0 Å². The van der Waals surface area contributed by atoms with Gasteiger partial charge >= 0.3 is 7.82 Å². The Bertz CT molecular complexity index is 993. The maximum absolute atomic E-state index is 15.8. The second-order valence-electron chi connectivity index (χ2n) is 6.91. The van der Waals surface area contributed by atoms with E-state index in [1.807, 2.05) is 6.92 Å². The van der Waals surface area contributed by atoms with Crippen molar-refractivity contribution < 1.29 is 27.3 Å². The largest absolute Gasteiger partial charge is 0.475 e. The van der Waals surface area contributed by atoms with Crippen LogP contribution in [0.5, 0.6) is 0 Å². The second-order valence-corrected chi connectivity index (χ2v) is 8.53. The van der Waals surface area contributed by atoms with E-state index in [1.54, 1.807) is 0 Å². The maximum atomic E-state index is 15.8. The van der Waals surface area contributed by atoms with E-state index < -0.39 is 37.5 Å². The molecule has 2 fully saturated rings. The van der Waals surface area contributed by atoms with Crippen LogP contribution in [0, 0.1) is 0 Å². The van der Waals surface area contributed by atoms with Crippen molar-refractivity contribution in [3.63, 3.8) is 0 Å². The fourth-order valence-corrected chi connectivity index (χ4v) is 4.84. The van der Waals surface area contributed by atoms with Gasteiger partial charge in [0.1, 0.15) is 12.2 Å². The number of phosphoric acid groups is 1. The Kier molecular flexibility index (Phi) is 4.79. The molecule has 2 aliphatic rings. The lowest BCUT2D eigenvalue weighted by molar-refractivity contribution is -0.0707. The predicted octanol–water partition coefficient (Wildman–Crippen LogP) is 1.67. The zero-order valence-electron chi connectivity index (χ0n) is 15.3. The van der Waals surface area contributed by atoms with E-state index in [0.29, 0.717) is 6.42 Å². The molecule has 28 heavy (non-hydrogen) atoms. The minimum atomic E-state index is -3.90. The number of imidazole rings is 1. The number of nitrogens with zero attached hydrogens (tertiary/aromatic N) is 3. The fourth-order valence-electron chi connectivity index (χ4n) is 3.35. The Hall–Kier alpha value is -1.85. The SMILES string of the molecule is CCCCO[P@@]1(=O)OC[C@H]2O[C@@H](n3cnc4c(=O)[nH]c(N)nc43)[C@](C)(F)[C@@H]2O1. The Labute approximate surface area is 158 Å². The summed E-state index contributed by atoms with van der Waals surface area (Å²) in [5.74, 6) is -0.136. The van der Waals surface area contributed by atoms with E-state index in [9.17, 15) is 9.36 Å². The van der Waals surface area contributed by atoms with Crippen molar-refractivity contribution in [3.8, 4) is 0 Å². The second kappa shape index (κ2) is 6.89. The first kappa shape index (κ1) is 19.5. The number of ether oxygens (including phenoxy) is 1. The van der Waals surface area contributed by atoms with Crippen LogP contribution in [-0.2, 0) is 22.9 Å². The zero-order chi connectivity index (χ0) is 20.1. The minimum absolute atomic E-state index is 0.00536. The summed E-state index contributed by atoms with van der Waals surface area (Å²) in [6.07, 6.45) is -0.527. The Morgan fingerprint density at radius 2 is 2.36 bits per heavy atom. The summed E-state index contributed by atoms with van der Waals surface area (Å²) in [5.41, 5.74) is 2.97. The number of rotatable bonds is 5. The van der Waals surface area contributed by atoms with Gasteiger partial charge < -0.3 is 10.5 Å². The number of phosphoric ester groups is 1. The third-order valence-electron chi connectivity index (χ3n) is 4.77.